The lowest BCUT2D eigenvalue weighted by molar-refractivity contribution is -0.143. The zero-order valence-electron chi connectivity index (χ0n) is 13.3. The first-order valence-electron chi connectivity index (χ1n) is 7.75. The number of benzene rings is 2. The lowest BCUT2D eigenvalue weighted by Crippen LogP contribution is -2.32. The van der Waals surface area contributed by atoms with Gasteiger partial charge in [-0.25, -0.2) is 9.18 Å². The predicted molar refractivity (Wildman–Crippen MR) is 86.5 cm³/mol. The summed E-state index contributed by atoms with van der Waals surface area (Å²) in [4.78, 5) is 12.2. The molecule has 0 radical (unpaired) electrons. The van der Waals surface area contributed by atoms with Crippen molar-refractivity contribution in [3.8, 4) is 6.07 Å². The molecular weight excluding hydrogens is 307 g/mol. The van der Waals surface area contributed by atoms with E-state index in [1.165, 1.54) is 13.2 Å². The molecule has 2 atom stereocenters. The number of ether oxygens (including phenoxy) is 1. The molecule has 2 aromatic rings. The van der Waals surface area contributed by atoms with Crippen LogP contribution in [0.1, 0.15) is 40.8 Å². The summed E-state index contributed by atoms with van der Waals surface area (Å²) in [5.74, 6) is -0.646. The third kappa shape index (κ3) is 3.01. The van der Waals surface area contributed by atoms with E-state index in [2.05, 4.69) is 11.4 Å². The summed E-state index contributed by atoms with van der Waals surface area (Å²) in [6, 6.07) is 13.1. The van der Waals surface area contributed by atoms with Gasteiger partial charge in [0.15, 0.2) is 0 Å². The Labute approximate surface area is 139 Å². The van der Waals surface area contributed by atoms with Gasteiger partial charge in [-0.15, -0.1) is 0 Å². The van der Waals surface area contributed by atoms with Crippen LogP contribution in [0.2, 0.25) is 0 Å². The maximum atomic E-state index is 13.9. The molecule has 1 aliphatic rings. The molecule has 0 aromatic heterocycles. The largest absolute Gasteiger partial charge is 0.468 e. The van der Waals surface area contributed by atoms with Crippen LogP contribution in [0, 0.1) is 17.1 Å². The van der Waals surface area contributed by atoms with Crippen LogP contribution in [0.4, 0.5) is 4.39 Å². The van der Waals surface area contributed by atoms with Gasteiger partial charge >= 0.3 is 5.97 Å². The number of nitrogens with zero attached hydrogens (tertiary/aromatic N) is 1. The van der Waals surface area contributed by atoms with Crippen LogP contribution >= 0.6 is 0 Å². The van der Waals surface area contributed by atoms with Crippen molar-refractivity contribution in [3.63, 3.8) is 0 Å². The zero-order chi connectivity index (χ0) is 17.1. The molecule has 4 nitrogen and oxygen atoms in total. The van der Waals surface area contributed by atoms with Gasteiger partial charge in [0.05, 0.1) is 18.7 Å². The van der Waals surface area contributed by atoms with E-state index in [1.54, 1.807) is 30.3 Å². The molecule has 0 spiro atoms. The van der Waals surface area contributed by atoms with E-state index in [0.29, 0.717) is 29.5 Å². The highest BCUT2D eigenvalue weighted by molar-refractivity contribution is 5.77. The monoisotopic (exact) mass is 324 g/mol. The quantitative estimate of drug-likeness (QED) is 0.878. The number of esters is 1. The van der Waals surface area contributed by atoms with Gasteiger partial charge in [-0.3, -0.25) is 5.32 Å². The molecule has 1 N–H and O–H groups in total. The van der Waals surface area contributed by atoms with E-state index < -0.39 is 12.0 Å². The molecule has 0 unspecified atom stereocenters. The molecule has 0 heterocycles. The molecule has 5 heteroatoms. The number of methoxy groups -OCH3 is 1. The van der Waals surface area contributed by atoms with Crippen molar-refractivity contribution in [2.75, 3.05) is 7.11 Å². The van der Waals surface area contributed by atoms with Crippen molar-refractivity contribution in [2.45, 2.75) is 24.9 Å². The maximum absolute atomic E-state index is 13.9. The Morgan fingerprint density at radius 3 is 2.92 bits per heavy atom. The second-order valence-electron chi connectivity index (χ2n) is 5.76. The standard InChI is InChI=1S/C19H17FN2O2/c1-24-19(23)18(13-5-2-4-12(10-13)11-21)22-17-9-8-14-15(17)6-3-7-16(14)20/h2-7,10,17-18,22H,8-9H2,1H3/t17-,18-/m0/s1. The average molecular weight is 324 g/mol. The van der Waals surface area contributed by atoms with Crippen LogP contribution in [0.3, 0.4) is 0 Å². The van der Waals surface area contributed by atoms with E-state index >= 15 is 0 Å². The van der Waals surface area contributed by atoms with Crippen LogP contribution in [0.15, 0.2) is 42.5 Å². The van der Waals surface area contributed by atoms with E-state index in [4.69, 9.17) is 10.00 Å². The Kier molecular flexibility index (Phi) is 4.59. The Morgan fingerprint density at radius 1 is 1.38 bits per heavy atom. The highest BCUT2D eigenvalue weighted by atomic mass is 19.1. The fraction of sp³-hybridized carbons (Fsp3) is 0.263. The number of nitriles is 1. The van der Waals surface area contributed by atoms with Crippen molar-refractivity contribution in [1.82, 2.24) is 5.32 Å². The molecule has 2 aromatic carbocycles. The summed E-state index contributed by atoms with van der Waals surface area (Å²) in [5.41, 5.74) is 2.71. The normalized spacial score (nSPS) is 17.0. The van der Waals surface area contributed by atoms with Crippen LogP contribution in [-0.4, -0.2) is 13.1 Å². The van der Waals surface area contributed by atoms with Crippen LogP contribution in [-0.2, 0) is 16.0 Å². The van der Waals surface area contributed by atoms with E-state index in [0.717, 1.165) is 5.56 Å². The van der Waals surface area contributed by atoms with Gasteiger partial charge in [0.2, 0.25) is 0 Å². The number of fused-ring (bicyclic) bond motifs is 1. The van der Waals surface area contributed by atoms with Crippen molar-refractivity contribution >= 4 is 5.97 Å². The summed E-state index contributed by atoms with van der Waals surface area (Å²) in [5, 5.41) is 12.3. The van der Waals surface area contributed by atoms with Gasteiger partial charge in [-0.05, 0) is 47.7 Å². The van der Waals surface area contributed by atoms with Crippen molar-refractivity contribution in [3.05, 3.63) is 70.5 Å². The van der Waals surface area contributed by atoms with Gasteiger partial charge in [0, 0.05) is 6.04 Å². The van der Waals surface area contributed by atoms with Crippen LogP contribution in [0.25, 0.3) is 0 Å². The summed E-state index contributed by atoms with van der Waals surface area (Å²) in [6.07, 6.45) is 1.34. The molecule has 24 heavy (non-hydrogen) atoms. The first-order valence-corrected chi connectivity index (χ1v) is 7.75. The molecule has 1 aliphatic carbocycles. The lowest BCUT2D eigenvalue weighted by atomic mass is 10.0. The number of hydrogen-bond acceptors (Lipinski definition) is 4. The Hall–Kier alpha value is -2.71. The Bertz CT molecular complexity index is 813. The topological polar surface area (TPSA) is 62.1 Å². The third-order valence-corrected chi connectivity index (χ3v) is 4.37. The maximum Gasteiger partial charge on any atom is 0.327 e. The smallest absolute Gasteiger partial charge is 0.327 e. The van der Waals surface area contributed by atoms with Crippen molar-refractivity contribution < 1.29 is 13.9 Å². The van der Waals surface area contributed by atoms with E-state index in [9.17, 15) is 9.18 Å². The SMILES string of the molecule is COC(=O)[C@@H](N[C@H]1CCc2c(F)cccc21)c1cccc(C#N)c1. The van der Waals surface area contributed by atoms with E-state index in [-0.39, 0.29) is 11.9 Å². The summed E-state index contributed by atoms with van der Waals surface area (Å²) in [7, 11) is 1.33. The summed E-state index contributed by atoms with van der Waals surface area (Å²) in [6.45, 7) is 0. The molecule has 0 saturated heterocycles. The fourth-order valence-corrected chi connectivity index (χ4v) is 3.19. The molecule has 0 amide bonds. The highest BCUT2D eigenvalue weighted by Crippen LogP contribution is 2.34. The average Bonchev–Trinajstić information content (AvgIpc) is 3.03. The second kappa shape index (κ2) is 6.81. The van der Waals surface area contributed by atoms with E-state index in [1.807, 2.05) is 6.07 Å². The molecular formula is C19H17FN2O2. The minimum Gasteiger partial charge on any atom is -0.468 e. The first-order chi connectivity index (χ1) is 11.6. The van der Waals surface area contributed by atoms with Gasteiger partial charge in [0.1, 0.15) is 11.9 Å². The number of carbonyl (C=O) groups excluding carboxylic acids is 1. The molecule has 0 aliphatic heterocycles. The lowest BCUT2D eigenvalue weighted by Gasteiger charge is -2.22. The van der Waals surface area contributed by atoms with Crippen LogP contribution in [0.5, 0.6) is 0 Å². The number of rotatable bonds is 4. The van der Waals surface area contributed by atoms with Crippen molar-refractivity contribution in [2.24, 2.45) is 0 Å². The van der Waals surface area contributed by atoms with Crippen molar-refractivity contribution in [1.29, 1.82) is 5.26 Å². The zero-order valence-corrected chi connectivity index (χ0v) is 13.3. The molecule has 3 rings (SSSR count). The van der Waals surface area contributed by atoms with Gasteiger partial charge in [-0.1, -0.05) is 24.3 Å². The minimum atomic E-state index is -0.706. The van der Waals surface area contributed by atoms with Gasteiger partial charge in [0.25, 0.3) is 0 Å². The Balaban J connectivity index is 1.91. The number of carbonyl (C=O) groups is 1. The van der Waals surface area contributed by atoms with Gasteiger partial charge in [-0.2, -0.15) is 5.26 Å². The minimum absolute atomic E-state index is 0.134. The fourth-order valence-electron chi connectivity index (χ4n) is 3.19. The number of halogens is 1. The number of hydrogen-bond donors (Lipinski definition) is 1. The molecule has 0 fully saturated rings. The third-order valence-electron chi connectivity index (χ3n) is 4.37. The molecule has 0 bridgehead atoms. The van der Waals surface area contributed by atoms with Gasteiger partial charge < -0.3 is 4.74 Å². The Morgan fingerprint density at radius 2 is 2.17 bits per heavy atom. The number of nitrogens with one attached hydrogen (secondary N) is 1. The van der Waals surface area contributed by atoms with Crippen LogP contribution < -0.4 is 5.32 Å². The molecule has 122 valence electrons. The second-order valence-corrected chi connectivity index (χ2v) is 5.76. The predicted octanol–water partition coefficient (Wildman–Crippen LogP) is 3.19. The summed E-state index contributed by atoms with van der Waals surface area (Å²) < 4.78 is 18.8. The first kappa shape index (κ1) is 16.2. The highest BCUT2D eigenvalue weighted by Gasteiger charge is 2.30. The molecule has 0 saturated carbocycles. The summed E-state index contributed by atoms with van der Waals surface area (Å²) >= 11 is 0.